The molecule has 1 aromatic carbocycles. The van der Waals surface area contributed by atoms with Crippen LogP contribution in [0.1, 0.15) is 22.8 Å². The average Bonchev–Trinajstić information content (AvgIpc) is 2.21. The summed E-state index contributed by atoms with van der Waals surface area (Å²) in [6.45, 7) is 3.82. The van der Waals surface area contributed by atoms with Crippen LogP contribution in [0.25, 0.3) is 0 Å². The molecular weight excluding hydrogens is 277 g/mol. The maximum Gasteiger partial charge on any atom is 0.251 e. The Morgan fingerprint density at radius 3 is 2.80 bits per heavy atom. The van der Waals surface area contributed by atoms with E-state index in [4.69, 9.17) is 11.6 Å². The minimum absolute atomic E-state index is 0.0679. The van der Waals surface area contributed by atoms with Crippen molar-refractivity contribution in [3.05, 3.63) is 34.3 Å². The third-order valence-electron chi connectivity index (χ3n) is 2.03. The van der Waals surface area contributed by atoms with Gasteiger partial charge < -0.3 is 5.32 Å². The topological polar surface area (TPSA) is 29.1 Å². The van der Waals surface area contributed by atoms with E-state index in [9.17, 15) is 4.79 Å². The van der Waals surface area contributed by atoms with Crippen LogP contribution in [0.4, 0.5) is 0 Å². The number of nitrogens with one attached hydrogen (secondary N) is 1. The van der Waals surface area contributed by atoms with Crippen LogP contribution in [0, 0.1) is 6.92 Å². The van der Waals surface area contributed by atoms with Gasteiger partial charge in [0.25, 0.3) is 5.91 Å². The number of carbonyl (C=O) groups excluding carboxylic acids is 1. The van der Waals surface area contributed by atoms with E-state index in [1.807, 2.05) is 13.8 Å². The lowest BCUT2D eigenvalue weighted by Crippen LogP contribution is -2.33. The third-order valence-corrected chi connectivity index (χ3v) is 3.42. The number of halogens is 2. The van der Waals surface area contributed by atoms with Crippen molar-refractivity contribution in [2.24, 2.45) is 0 Å². The van der Waals surface area contributed by atoms with E-state index in [2.05, 4.69) is 21.2 Å². The van der Waals surface area contributed by atoms with Gasteiger partial charge >= 0.3 is 0 Å². The third kappa shape index (κ3) is 3.50. The lowest BCUT2D eigenvalue weighted by atomic mass is 10.1. The highest BCUT2D eigenvalue weighted by molar-refractivity contribution is 9.09. The summed E-state index contributed by atoms with van der Waals surface area (Å²) in [4.78, 5) is 11.7. The molecule has 1 atom stereocenters. The van der Waals surface area contributed by atoms with Gasteiger partial charge in [-0.05, 0) is 37.6 Å². The molecule has 4 heteroatoms. The second kappa shape index (κ2) is 5.52. The maximum atomic E-state index is 11.7. The lowest BCUT2D eigenvalue weighted by molar-refractivity contribution is 0.0944. The zero-order chi connectivity index (χ0) is 11.4. The first-order chi connectivity index (χ1) is 7.04. The summed E-state index contributed by atoms with van der Waals surface area (Å²) >= 11 is 9.19. The molecule has 1 aromatic rings. The molecule has 0 aliphatic rings. The number of hydrogen-bond donors (Lipinski definition) is 1. The average molecular weight is 291 g/mol. The molecule has 0 saturated heterocycles. The van der Waals surface area contributed by atoms with Crippen molar-refractivity contribution in [2.75, 3.05) is 5.33 Å². The molecule has 0 aliphatic carbocycles. The van der Waals surface area contributed by atoms with Crippen LogP contribution in [0.3, 0.4) is 0 Å². The van der Waals surface area contributed by atoms with Gasteiger partial charge in [-0.2, -0.15) is 0 Å². The summed E-state index contributed by atoms with van der Waals surface area (Å²) in [5, 5.41) is 4.29. The Kier molecular flexibility index (Phi) is 4.61. The second-order valence-corrected chi connectivity index (χ2v) is 4.55. The molecule has 0 aliphatic heterocycles. The van der Waals surface area contributed by atoms with Gasteiger partial charge in [0.15, 0.2) is 0 Å². The molecule has 0 saturated carbocycles. The Morgan fingerprint density at radius 2 is 2.27 bits per heavy atom. The van der Waals surface area contributed by atoms with Crippen LogP contribution in [-0.4, -0.2) is 17.3 Å². The van der Waals surface area contributed by atoms with Crippen LogP contribution in [0.5, 0.6) is 0 Å². The van der Waals surface area contributed by atoms with Crippen molar-refractivity contribution in [2.45, 2.75) is 19.9 Å². The Hall–Kier alpha value is -0.540. The summed E-state index contributed by atoms with van der Waals surface area (Å²) in [7, 11) is 0. The van der Waals surface area contributed by atoms with E-state index in [0.29, 0.717) is 10.6 Å². The largest absolute Gasteiger partial charge is 0.349 e. The number of hydrogen-bond acceptors (Lipinski definition) is 1. The van der Waals surface area contributed by atoms with Gasteiger partial charge in [0.1, 0.15) is 0 Å². The standard InChI is InChI=1S/C11H13BrClNO/c1-7-5-9(3-4-10(7)13)11(15)14-8(2)6-12/h3-5,8H,6H2,1-2H3,(H,14,15). The van der Waals surface area contributed by atoms with Crippen LogP contribution in [-0.2, 0) is 0 Å². The van der Waals surface area contributed by atoms with Gasteiger partial charge in [-0.3, -0.25) is 4.79 Å². The monoisotopic (exact) mass is 289 g/mol. The van der Waals surface area contributed by atoms with E-state index in [1.165, 1.54) is 0 Å². The summed E-state index contributed by atoms with van der Waals surface area (Å²) in [5.74, 6) is -0.0679. The molecule has 0 spiro atoms. The smallest absolute Gasteiger partial charge is 0.251 e. The molecular formula is C11H13BrClNO. The van der Waals surface area contributed by atoms with Crippen molar-refractivity contribution in [1.29, 1.82) is 0 Å². The predicted molar refractivity (Wildman–Crippen MR) is 66.9 cm³/mol. The highest BCUT2D eigenvalue weighted by atomic mass is 79.9. The van der Waals surface area contributed by atoms with Crippen LogP contribution in [0.15, 0.2) is 18.2 Å². The quantitative estimate of drug-likeness (QED) is 0.851. The molecule has 0 bridgehead atoms. The van der Waals surface area contributed by atoms with Gasteiger partial charge in [0.2, 0.25) is 0 Å². The van der Waals surface area contributed by atoms with E-state index < -0.39 is 0 Å². The minimum Gasteiger partial charge on any atom is -0.349 e. The van der Waals surface area contributed by atoms with E-state index in [-0.39, 0.29) is 11.9 Å². The molecule has 1 N–H and O–H groups in total. The van der Waals surface area contributed by atoms with Gasteiger partial charge in [-0.1, -0.05) is 27.5 Å². The molecule has 82 valence electrons. The van der Waals surface area contributed by atoms with Crippen molar-refractivity contribution in [3.8, 4) is 0 Å². The van der Waals surface area contributed by atoms with Crippen LogP contribution < -0.4 is 5.32 Å². The molecule has 0 aromatic heterocycles. The van der Waals surface area contributed by atoms with Crippen molar-refractivity contribution < 1.29 is 4.79 Å². The van der Waals surface area contributed by atoms with Crippen LogP contribution >= 0.6 is 27.5 Å². The zero-order valence-electron chi connectivity index (χ0n) is 8.68. The molecule has 15 heavy (non-hydrogen) atoms. The van der Waals surface area contributed by atoms with Gasteiger partial charge in [-0.25, -0.2) is 0 Å². The van der Waals surface area contributed by atoms with E-state index >= 15 is 0 Å². The van der Waals surface area contributed by atoms with Gasteiger partial charge in [0.05, 0.1) is 0 Å². The van der Waals surface area contributed by atoms with Crippen molar-refractivity contribution >= 4 is 33.4 Å². The molecule has 0 fully saturated rings. The lowest BCUT2D eigenvalue weighted by Gasteiger charge is -2.11. The van der Waals surface area contributed by atoms with Gasteiger partial charge in [-0.15, -0.1) is 0 Å². The minimum atomic E-state index is -0.0679. The number of alkyl halides is 1. The SMILES string of the molecule is Cc1cc(C(=O)NC(C)CBr)ccc1Cl. The number of amides is 1. The molecule has 0 radical (unpaired) electrons. The zero-order valence-corrected chi connectivity index (χ0v) is 11.0. The van der Waals surface area contributed by atoms with E-state index in [1.54, 1.807) is 18.2 Å². The second-order valence-electron chi connectivity index (χ2n) is 3.49. The molecule has 1 unspecified atom stereocenters. The number of aryl methyl sites for hydroxylation is 1. The number of benzene rings is 1. The fourth-order valence-electron chi connectivity index (χ4n) is 1.13. The highest BCUT2D eigenvalue weighted by Gasteiger charge is 2.09. The Bertz CT molecular complexity index is 368. The van der Waals surface area contributed by atoms with E-state index in [0.717, 1.165) is 10.9 Å². The first-order valence-corrected chi connectivity index (χ1v) is 6.17. The Labute approximate surface area is 103 Å². The van der Waals surface area contributed by atoms with Crippen molar-refractivity contribution in [1.82, 2.24) is 5.32 Å². The summed E-state index contributed by atoms with van der Waals surface area (Å²) in [6.07, 6.45) is 0. The fraction of sp³-hybridized carbons (Fsp3) is 0.364. The highest BCUT2D eigenvalue weighted by Crippen LogP contribution is 2.16. The van der Waals surface area contributed by atoms with Gasteiger partial charge in [0, 0.05) is 22.0 Å². The summed E-state index contributed by atoms with van der Waals surface area (Å²) < 4.78 is 0. The fourth-order valence-corrected chi connectivity index (χ4v) is 1.41. The van der Waals surface area contributed by atoms with Crippen molar-refractivity contribution in [3.63, 3.8) is 0 Å². The first-order valence-electron chi connectivity index (χ1n) is 4.67. The maximum absolute atomic E-state index is 11.7. The summed E-state index contributed by atoms with van der Waals surface area (Å²) in [6, 6.07) is 5.38. The Morgan fingerprint density at radius 1 is 1.60 bits per heavy atom. The normalized spacial score (nSPS) is 12.3. The Balaban J connectivity index is 2.78. The number of carbonyl (C=O) groups is 1. The number of rotatable bonds is 3. The molecule has 0 heterocycles. The first kappa shape index (κ1) is 12.5. The molecule has 2 nitrogen and oxygen atoms in total. The predicted octanol–water partition coefficient (Wildman–Crippen LogP) is 3.16. The molecule has 1 amide bonds. The molecule has 1 rings (SSSR count). The summed E-state index contributed by atoms with van der Waals surface area (Å²) in [5.41, 5.74) is 1.56. The van der Waals surface area contributed by atoms with Crippen LogP contribution in [0.2, 0.25) is 5.02 Å².